The summed E-state index contributed by atoms with van der Waals surface area (Å²) >= 11 is 0. The van der Waals surface area contributed by atoms with Crippen molar-refractivity contribution in [3.8, 4) is 11.5 Å². The molecule has 0 aliphatic carbocycles. The number of methoxy groups -OCH3 is 1. The number of hydrazone groups is 1. The number of carbonyl (C=O) groups excluding carboxylic acids is 2. The maximum atomic E-state index is 13.1. The first kappa shape index (κ1) is 23.5. The Balaban J connectivity index is 1.63. The average molecular weight is 449 g/mol. The first-order valence-electron chi connectivity index (χ1n) is 10.2. The summed E-state index contributed by atoms with van der Waals surface area (Å²) in [6, 6.07) is 20.1. The lowest BCUT2D eigenvalue weighted by Gasteiger charge is -2.14. The fraction of sp³-hybridized carbons (Fsp3) is 0.160. The van der Waals surface area contributed by atoms with E-state index in [0.29, 0.717) is 17.1 Å². The van der Waals surface area contributed by atoms with Crippen LogP contribution in [0.3, 0.4) is 0 Å². The van der Waals surface area contributed by atoms with E-state index < -0.39 is 11.8 Å². The van der Waals surface area contributed by atoms with Gasteiger partial charge in [-0.25, -0.2) is 9.82 Å². The summed E-state index contributed by atoms with van der Waals surface area (Å²) in [4.78, 5) is 24.3. The summed E-state index contributed by atoms with van der Waals surface area (Å²) in [7, 11) is 1.50. The molecule has 0 aliphatic heterocycles. The maximum Gasteiger partial charge on any atom is 0.329 e. The molecule has 0 fully saturated rings. The van der Waals surface area contributed by atoms with Gasteiger partial charge in [0.1, 0.15) is 12.4 Å². The molecule has 0 saturated carbocycles. The molecular formula is C25H24FN3O4. The van der Waals surface area contributed by atoms with Crippen molar-refractivity contribution in [2.75, 3.05) is 7.11 Å². The van der Waals surface area contributed by atoms with Gasteiger partial charge in [-0.3, -0.25) is 9.59 Å². The minimum absolute atomic E-state index is 0.174. The third-order valence-electron chi connectivity index (χ3n) is 4.75. The van der Waals surface area contributed by atoms with Crippen molar-refractivity contribution in [2.24, 2.45) is 5.10 Å². The van der Waals surface area contributed by atoms with Crippen LogP contribution in [0.15, 0.2) is 77.9 Å². The SMILES string of the molecule is COc1cccc(/C=N\NC(=O)C(=O)N[C@H](C)c2ccccc2)c1OCc1ccc(F)cc1. The summed E-state index contributed by atoms with van der Waals surface area (Å²) in [6.45, 7) is 1.96. The van der Waals surface area contributed by atoms with Crippen LogP contribution in [0.4, 0.5) is 4.39 Å². The Morgan fingerprint density at radius 2 is 1.73 bits per heavy atom. The number of nitrogens with zero attached hydrogens (tertiary/aromatic N) is 1. The first-order chi connectivity index (χ1) is 16.0. The predicted molar refractivity (Wildman–Crippen MR) is 122 cm³/mol. The molecule has 2 N–H and O–H groups in total. The summed E-state index contributed by atoms with van der Waals surface area (Å²) in [5.74, 6) is -1.18. The quantitative estimate of drug-likeness (QED) is 0.312. The van der Waals surface area contributed by atoms with E-state index in [1.54, 1.807) is 37.3 Å². The van der Waals surface area contributed by atoms with Crippen molar-refractivity contribution >= 4 is 18.0 Å². The normalized spacial score (nSPS) is 11.6. The first-order valence-corrected chi connectivity index (χ1v) is 10.2. The second-order valence-electron chi connectivity index (χ2n) is 7.10. The Morgan fingerprint density at radius 3 is 2.42 bits per heavy atom. The fourth-order valence-electron chi connectivity index (χ4n) is 2.98. The van der Waals surface area contributed by atoms with Crippen molar-refractivity contribution in [3.63, 3.8) is 0 Å². The molecule has 170 valence electrons. The van der Waals surface area contributed by atoms with Gasteiger partial charge < -0.3 is 14.8 Å². The van der Waals surface area contributed by atoms with E-state index in [1.165, 1.54) is 25.5 Å². The molecule has 0 aliphatic rings. The van der Waals surface area contributed by atoms with Gasteiger partial charge >= 0.3 is 11.8 Å². The molecule has 8 heteroatoms. The molecule has 3 rings (SSSR count). The molecule has 0 heterocycles. The molecule has 3 aromatic rings. The standard InChI is InChI=1S/C25H24FN3O4/c1-17(19-7-4-3-5-8-19)28-24(30)25(31)29-27-15-20-9-6-10-22(32-2)23(20)33-16-18-11-13-21(26)14-12-18/h3-15,17H,16H2,1-2H3,(H,28,30)(H,29,31)/b27-15-/t17-/m1/s1. The minimum Gasteiger partial charge on any atom is -0.493 e. The smallest absolute Gasteiger partial charge is 0.329 e. The second-order valence-corrected chi connectivity index (χ2v) is 7.10. The van der Waals surface area contributed by atoms with Gasteiger partial charge in [0.15, 0.2) is 11.5 Å². The summed E-state index contributed by atoms with van der Waals surface area (Å²) in [6.07, 6.45) is 1.36. The van der Waals surface area contributed by atoms with Gasteiger partial charge in [0.2, 0.25) is 0 Å². The maximum absolute atomic E-state index is 13.1. The molecule has 33 heavy (non-hydrogen) atoms. The average Bonchev–Trinajstić information content (AvgIpc) is 2.84. The lowest BCUT2D eigenvalue weighted by Crippen LogP contribution is -2.39. The molecule has 0 saturated heterocycles. The van der Waals surface area contributed by atoms with Crippen molar-refractivity contribution in [1.82, 2.24) is 10.7 Å². The van der Waals surface area contributed by atoms with E-state index in [1.807, 2.05) is 30.3 Å². The Labute approximate surface area is 191 Å². The van der Waals surface area contributed by atoms with Gasteiger partial charge in [0, 0.05) is 5.56 Å². The minimum atomic E-state index is -0.897. The Bertz CT molecular complexity index is 1120. The molecule has 7 nitrogen and oxygen atoms in total. The van der Waals surface area contributed by atoms with Crippen molar-refractivity contribution in [2.45, 2.75) is 19.6 Å². The van der Waals surface area contributed by atoms with Crippen LogP contribution in [0.2, 0.25) is 0 Å². The molecule has 0 bridgehead atoms. The van der Waals surface area contributed by atoms with E-state index >= 15 is 0 Å². The zero-order valence-corrected chi connectivity index (χ0v) is 18.2. The summed E-state index contributed by atoms with van der Waals surface area (Å²) < 4.78 is 24.3. The number of rotatable bonds is 8. The number of hydrogen-bond acceptors (Lipinski definition) is 5. The van der Waals surface area contributed by atoms with Crippen molar-refractivity contribution in [1.29, 1.82) is 0 Å². The van der Waals surface area contributed by atoms with E-state index in [2.05, 4.69) is 15.8 Å². The van der Waals surface area contributed by atoms with E-state index in [9.17, 15) is 14.0 Å². The molecule has 0 aromatic heterocycles. The van der Waals surface area contributed by atoms with Gasteiger partial charge in [0.25, 0.3) is 0 Å². The lowest BCUT2D eigenvalue weighted by molar-refractivity contribution is -0.139. The molecule has 0 radical (unpaired) electrons. The third kappa shape index (κ3) is 6.64. The van der Waals surface area contributed by atoms with E-state index in [0.717, 1.165) is 11.1 Å². The molecule has 1 atom stereocenters. The Morgan fingerprint density at radius 1 is 1.00 bits per heavy atom. The Kier molecular flexibility index (Phi) is 8.13. The number of amides is 2. The van der Waals surface area contributed by atoms with Crippen LogP contribution in [0.5, 0.6) is 11.5 Å². The van der Waals surface area contributed by atoms with Crippen LogP contribution in [0.25, 0.3) is 0 Å². The summed E-state index contributed by atoms with van der Waals surface area (Å²) in [5.41, 5.74) is 4.38. The van der Waals surface area contributed by atoms with Gasteiger partial charge in [-0.15, -0.1) is 0 Å². The van der Waals surface area contributed by atoms with Crippen LogP contribution in [-0.4, -0.2) is 25.1 Å². The highest BCUT2D eigenvalue weighted by Gasteiger charge is 2.16. The highest BCUT2D eigenvalue weighted by atomic mass is 19.1. The van der Waals surface area contributed by atoms with Gasteiger partial charge in [-0.05, 0) is 42.3 Å². The largest absolute Gasteiger partial charge is 0.493 e. The van der Waals surface area contributed by atoms with Crippen LogP contribution in [-0.2, 0) is 16.2 Å². The van der Waals surface area contributed by atoms with Gasteiger partial charge in [0.05, 0.1) is 19.4 Å². The number of ether oxygens (including phenoxy) is 2. The highest BCUT2D eigenvalue weighted by Crippen LogP contribution is 2.30. The fourth-order valence-corrected chi connectivity index (χ4v) is 2.98. The zero-order chi connectivity index (χ0) is 23.6. The van der Waals surface area contributed by atoms with Crippen molar-refractivity contribution < 1.29 is 23.5 Å². The highest BCUT2D eigenvalue weighted by molar-refractivity contribution is 6.35. The van der Waals surface area contributed by atoms with Crippen molar-refractivity contribution in [3.05, 3.63) is 95.3 Å². The predicted octanol–water partition coefficient (Wildman–Crippen LogP) is 3.74. The van der Waals surface area contributed by atoms with Gasteiger partial charge in [-0.1, -0.05) is 48.5 Å². The zero-order valence-electron chi connectivity index (χ0n) is 18.2. The van der Waals surface area contributed by atoms with Crippen LogP contribution in [0, 0.1) is 5.82 Å². The number of benzene rings is 3. The van der Waals surface area contributed by atoms with Crippen LogP contribution >= 0.6 is 0 Å². The lowest BCUT2D eigenvalue weighted by atomic mass is 10.1. The topological polar surface area (TPSA) is 89.0 Å². The van der Waals surface area contributed by atoms with E-state index in [4.69, 9.17) is 9.47 Å². The molecular weight excluding hydrogens is 425 g/mol. The monoisotopic (exact) mass is 449 g/mol. The number of nitrogens with one attached hydrogen (secondary N) is 2. The third-order valence-corrected chi connectivity index (χ3v) is 4.75. The number of para-hydroxylation sites is 1. The molecule has 0 unspecified atom stereocenters. The van der Waals surface area contributed by atoms with Crippen LogP contribution < -0.4 is 20.2 Å². The summed E-state index contributed by atoms with van der Waals surface area (Å²) in [5, 5.41) is 6.50. The molecule has 3 aromatic carbocycles. The Hall–Kier alpha value is -4.20. The number of carbonyl (C=O) groups is 2. The van der Waals surface area contributed by atoms with E-state index in [-0.39, 0.29) is 18.5 Å². The number of hydrogen-bond donors (Lipinski definition) is 2. The second kappa shape index (κ2) is 11.4. The molecule has 0 spiro atoms. The van der Waals surface area contributed by atoms with Crippen LogP contribution in [0.1, 0.15) is 29.7 Å². The number of halogens is 1. The van der Waals surface area contributed by atoms with Gasteiger partial charge in [-0.2, -0.15) is 5.10 Å². The molecule has 2 amide bonds.